The maximum Gasteiger partial charge on any atom is 0.189 e. The van der Waals surface area contributed by atoms with Crippen molar-refractivity contribution in [2.75, 3.05) is 5.73 Å². The number of tetrazole rings is 1. The molecule has 0 unspecified atom stereocenters. The Labute approximate surface area is 122 Å². The summed E-state index contributed by atoms with van der Waals surface area (Å²) in [6.07, 6.45) is 0. The normalized spacial score (nSPS) is 10.5. The van der Waals surface area contributed by atoms with E-state index < -0.39 is 0 Å². The Balaban J connectivity index is 1.68. The maximum atomic E-state index is 5.71. The van der Waals surface area contributed by atoms with Gasteiger partial charge in [0, 0.05) is 11.8 Å². The van der Waals surface area contributed by atoms with Crippen molar-refractivity contribution in [1.82, 2.24) is 20.2 Å². The molecular weight excluding hydrogens is 266 g/mol. The quantitative estimate of drug-likeness (QED) is 0.722. The largest absolute Gasteiger partial charge is 0.485 e. The minimum absolute atomic E-state index is 0.295. The third-order valence-electron chi connectivity index (χ3n) is 3.01. The highest BCUT2D eigenvalue weighted by atomic mass is 16.5. The van der Waals surface area contributed by atoms with Crippen LogP contribution in [0.25, 0.3) is 0 Å². The Bertz CT molecular complexity index is 711. The van der Waals surface area contributed by atoms with E-state index >= 15 is 0 Å². The summed E-state index contributed by atoms with van der Waals surface area (Å²) in [5.41, 5.74) is 7.51. The van der Waals surface area contributed by atoms with Crippen LogP contribution in [-0.4, -0.2) is 20.2 Å². The summed E-state index contributed by atoms with van der Waals surface area (Å²) in [6.45, 7) is 0.909. The number of nitrogen functional groups attached to an aromatic ring is 1. The van der Waals surface area contributed by atoms with E-state index in [1.165, 1.54) is 0 Å². The van der Waals surface area contributed by atoms with Crippen molar-refractivity contribution in [1.29, 1.82) is 0 Å². The molecule has 0 saturated carbocycles. The molecule has 6 nitrogen and oxygen atoms in total. The third kappa shape index (κ3) is 3.36. The molecule has 0 aliphatic rings. The molecule has 106 valence electrons. The second-order valence-corrected chi connectivity index (χ2v) is 4.60. The first kappa shape index (κ1) is 13.1. The Hall–Kier alpha value is -2.89. The summed E-state index contributed by atoms with van der Waals surface area (Å²) in [4.78, 5) is 0. The standard InChI is InChI=1S/C15H15N5O/c16-13-7-4-8-14(9-13)21-11-15-17-18-19-20(15)10-12-5-2-1-3-6-12/h1-9H,10-11,16H2. The molecule has 0 amide bonds. The van der Waals surface area contributed by atoms with Gasteiger partial charge in [0.05, 0.1) is 6.54 Å². The number of nitrogens with zero attached hydrogens (tertiary/aromatic N) is 4. The molecule has 0 spiro atoms. The van der Waals surface area contributed by atoms with Gasteiger partial charge in [-0.3, -0.25) is 0 Å². The molecule has 0 aliphatic carbocycles. The monoisotopic (exact) mass is 281 g/mol. The fourth-order valence-corrected chi connectivity index (χ4v) is 1.96. The molecule has 6 heteroatoms. The number of ether oxygens (including phenoxy) is 1. The van der Waals surface area contributed by atoms with Crippen LogP contribution < -0.4 is 10.5 Å². The van der Waals surface area contributed by atoms with Crippen LogP contribution in [0.2, 0.25) is 0 Å². The van der Waals surface area contributed by atoms with E-state index in [2.05, 4.69) is 15.5 Å². The van der Waals surface area contributed by atoms with E-state index in [9.17, 15) is 0 Å². The number of anilines is 1. The molecule has 0 saturated heterocycles. The topological polar surface area (TPSA) is 78.8 Å². The molecular formula is C15H15N5O. The zero-order valence-electron chi connectivity index (χ0n) is 11.4. The lowest BCUT2D eigenvalue weighted by atomic mass is 10.2. The van der Waals surface area contributed by atoms with Gasteiger partial charge in [0.1, 0.15) is 12.4 Å². The summed E-state index contributed by atoms with van der Waals surface area (Å²) in [7, 11) is 0. The summed E-state index contributed by atoms with van der Waals surface area (Å²) in [5.74, 6) is 1.37. The first-order chi connectivity index (χ1) is 10.3. The summed E-state index contributed by atoms with van der Waals surface area (Å²) in [5, 5.41) is 11.7. The third-order valence-corrected chi connectivity index (χ3v) is 3.01. The lowest BCUT2D eigenvalue weighted by Crippen LogP contribution is -2.09. The van der Waals surface area contributed by atoms with Gasteiger partial charge in [-0.1, -0.05) is 36.4 Å². The van der Waals surface area contributed by atoms with Gasteiger partial charge in [0.15, 0.2) is 5.82 Å². The molecule has 0 atom stereocenters. The van der Waals surface area contributed by atoms with Crippen molar-refractivity contribution >= 4 is 5.69 Å². The first-order valence-corrected chi connectivity index (χ1v) is 6.58. The summed E-state index contributed by atoms with van der Waals surface area (Å²) < 4.78 is 7.39. The number of benzene rings is 2. The van der Waals surface area contributed by atoms with Crippen LogP contribution >= 0.6 is 0 Å². The van der Waals surface area contributed by atoms with Gasteiger partial charge < -0.3 is 10.5 Å². The molecule has 3 aromatic rings. The van der Waals surface area contributed by atoms with Crippen molar-refractivity contribution in [2.45, 2.75) is 13.2 Å². The molecule has 3 rings (SSSR count). The second kappa shape index (κ2) is 6.04. The van der Waals surface area contributed by atoms with E-state index in [0.29, 0.717) is 30.4 Å². The molecule has 0 bridgehead atoms. The fourth-order valence-electron chi connectivity index (χ4n) is 1.96. The van der Waals surface area contributed by atoms with Crippen molar-refractivity contribution in [2.24, 2.45) is 0 Å². The van der Waals surface area contributed by atoms with Crippen LogP contribution in [0.15, 0.2) is 54.6 Å². The zero-order chi connectivity index (χ0) is 14.5. The highest BCUT2D eigenvalue weighted by Crippen LogP contribution is 2.15. The fraction of sp³-hybridized carbons (Fsp3) is 0.133. The van der Waals surface area contributed by atoms with Crippen LogP contribution in [0, 0.1) is 0 Å². The van der Waals surface area contributed by atoms with E-state index in [1.54, 1.807) is 10.7 Å². The Morgan fingerprint density at radius 1 is 1.05 bits per heavy atom. The minimum atomic E-state index is 0.295. The number of hydrogen-bond donors (Lipinski definition) is 1. The average Bonchev–Trinajstić information content (AvgIpc) is 2.93. The van der Waals surface area contributed by atoms with Gasteiger partial charge in [-0.25, -0.2) is 4.68 Å². The molecule has 2 N–H and O–H groups in total. The molecule has 2 aromatic carbocycles. The molecule has 0 radical (unpaired) electrons. The molecule has 21 heavy (non-hydrogen) atoms. The lowest BCUT2D eigenvalue weighted by Gasteiger charge is -2.07. The maximum absolute atomic E-state index is 5.71. The van der Waals surface area contributed by atoms with E-state index in [1.807, 2.05) is 48.5 Å². The van der Waals surface area contributed by atoms with Gasteiger partial charge in [-0.2, -0.15) is 0 Å². The number of aromatic nitrogens is 4. The highest BCUT2D eigenvalue weighted by molar-refractivity contribution is 5.43. The zero-order valence-corrected chi connectivity index (χ0v) is 11.4. The number of nitrogens with two attached hydrogens (primary N) is 1. The predicted octanol–water partition coefficient (Wildman–Crippen LogP) is 1.88. The summed E-state index contributed by atoms with van der Waals surface area (Å²) in [6, 6.07) is 17.3. The Morgan fingerprint density at radius 2 is 1.90 bits per heavy atom. The van der Waals surface area contributed by atoms with Crippen molar-refractivity contribution in [3.63, 3.8) is 0 Å². The van der Waals surface area contributed by atoms with Crippen LogP contribution in [-0.2, 0) is 13.2 Å². The SMILES string of the molecule is Nc1cccc(OCc2nnnn2Cc2ccccc2)c1. The van der Waals surface area contributed by atoms with Gasteiger partial charge >= 0.3 is 0 Å². The van der Waals surface area contributed by atoms with Gasteiger partial charge in [-0.15, -0.1) is 5.10 Å². The van der Waals surface area contributed by atoms with Crippen LogP contribution in [0.1, 0.15) is 11.4 Å². The summed E-state index contributed by atoms with van der Waals surface area (Å²) >= 11 is 0. The van der Waals surface area contributed by atoms with Crippen molar-refractivity contribution in [3.05, 3.63) is 66.0 Å². The smallest absolute Gasteiger partial charge is 0.189 e. The molecule has 0 aliphatic heterocycles. The van der Waals surface area contributed by atoms with Crippen LogP contribution in [0.5, 0.6) is 5.75 Å². The van der Waals surface area contributed by atoms with Gasteiger partial charge in [-0.05, 0) is 28.1 Å². The average molecular weight is 281 g/mol. The molecule has 1 aromatic heterocycles. The van der Waals surface area contributed by atoms with Gasteiger partial charge in [0.25, 0.3) is 0 Å². The van der Waals surface area contributed by atoms with E-state index in [4.69, 9.17) is 10.5 Å². The van der Waals surface area contributed by atoms with Crippen molar-refractivity contribution in [3.8, 4) is 5.75 Å². The first-order valence-electron chi connectivity index (χ1n) is 6.58. The van der Waals surface area contributed by atoms with Crippen LogP contribution in [0.4, 0.5) is 5.69 Å². The Morgan fingerprint density at radius 3 is 2.71 bits per heavy atom. The number of rotatable bonds is 5. The predicted molar refractivity (Wildman–Crippen MR) is 78.5 cm³/mol. The molecule has 0 fully saturated rings. The molecule has 1 heterocycles. The van der Waals surface area contributed by atoms with Crippen molar-refractivity contribution < 1.29 is 4.74 Å². The van der Waals surface area contributed by atoms with Crippen LogP contribution in [0.3, 0.4) is 0 Å². The second-order valence-electron chi connectivity index (χ2n) is 4.60. The van der Waals surface area contributed by atoms with Gasteiger partial charge in [0.2, 0.25) is 0 Å². The Kier molecular flexibility index (Phi) is 3.77. The minimum Gasteiger partial charge on any atom is -0.485 e. The lowest BCUT2D eigenvalue weighted by molar-refractivity contribution is 0.288. The van der Waals surface area contributed by atoms with E-state index in [-0.39, 0.29) is 0 Å². The number of hydrogen-bond acceptors (Lipinski definition) is 5. The van der Waals surface area contributed by atoms with E-state index in [0.717, 1.165) is 5.56 Å². The highest BCUT2D eigenvalue weighted by Gasteiger charge is 2.07.